The summed E-state index contributed by atoms with van der Waals surface area (Å²) in [4.78, 5) is 3.68. The number of nitrogens with zero attached hydrogens (tertiary/aromatic N) is 1. The molecule has 1 aromatic heterocycles. The topological polar surface area (TPSA) is 50.9 Å². The van der Waals surface area contributed by atoms with Gasteiger partial charge in [0.1, 0.15) is 17.5 Å². The molecule has 1 unspecified atom stereocenters. The van der Waals surface area contributed by atoms with Crippen molar-refractivity contribution in [2.24, 2.45) is 5.84 Å². The summed E-state index contributed by atoms with van der Waals surface area (Å²) in [7, 11) is 0. The number of hydrogen-bond acceptors (Lipinski definition) is 3. The smallest absolute Gasteiger partial charge is 0.141 e. The first-order valence-corrected chi connectivity index (χ1v) is 5.61. The van der Waals surface area contributed by atoms with Crippen molar-refractivity contribution < 1.29 is 13.2 Å². The second kappa shape index (κ2) is 5.81. The number of nitrogens with two attached hydrogens (primary N) is 1. The number of benzene rings is 1. The molecule has 0 aliphatic heterocycles. The summed E-state index contributed by atoms with van der Waals surface area (Å²) in [5.41, 5.74) is 2.73. The van der Waals surface area contributed by atoms with E-state index in [1.165, 1.54) is 18.3 Å². The maximum Gasteiger partial charge on any atom is 0.141 e. The quantitative estimate of drug-likeness (QED) is 0.660. The molecule has 3 nitrogen and oxygen atoms in total. The van der Waals surface area contributed by atoms with Gasteiger partial charge < -0.3 is 0 Å². The molecule has 0 radical (unpaired) electrons. The van der Waals surface area contributed by atoms with E-state index in [4.69, 9.17) is 5.84 Å². The Morgan fingerprint density at radius 1 is 1.16 bits per heavy atom. The molecule has 0 spiro atoms. The third kappa shape index (κ3) is 3.10. The molecular weight excluding hydrogens is 255 g/mol. The van der Waals surface area contributed by atoms with E-state index in [0.29, 0.717) is 5.56 Å². The van der Waals surface area contributed by atoms with Gasteiger partial charge in [-0.15, -0.1) is 0 Å². The first-order valence-electron chi connectivity index (χ1n) is 5.61. The Bertz CT molecular complexity index is 555. The summed E-state index contributed by atoms with van der Waals surface area (Å²) in [6, 6.07) is 4.19. The number of halogens is 3. The van der Waals surface area contributed by atoms with Crippen LogP contribution in [0.4, 0.5) is 13.2 Å². The normalized spacial score (nSPS) is 12.4. The minimum absolute atomic E-state index is 0.0415. The molecule has 0 aliphatic rings. The van der Waals surface area contributed by atoms with Crippen molar-refractivity contribution in [1.29, 1.82) is 0 Å². The highest BCUT2D eigenvalue weighted by molar-refractivity contribution is 5.24. The van der Waals surface area contributed by atoms with Crippen LogP contribution in [0.5, 0.6) is 0 Å². The molecule has 0 saturated heterocycles. The van der Waals surface area contributed by atoms with Gasteiger partial charge in [-0.3, -0.25) is 16.3 Å². The summed E-state index contributed by atoms with van der Waals surface area (Å²) in [5.74, 6) is 3.50. The van der Waals surface area contributed by atoms with E-state index >= 15 is 0 Å². The predicted molar refractivity (Wildman–Crippen MR) is 64.3 cm³/mol. The molecule has 3 N–H and O–H groups in total. The van der Waals surface area contributed by atoms with Gasteiger partial charge in [0.05, 0.1) is 12.2 Å². The maximum absolute atomic E-state index is 13.5. The summed E-state index contributed by atoms with van der Waals surface area (Å²) in [6.45, 7) is 0. The van der Waals surface area contributed by atoms with Crippen LogP contribution in [0.3, 0.4) is 0 Å². The number of hydrazine groups is 1. The van der Waals surface area contributed by atoms with Crippen molar-refractivity contribution in [2.75, 3.05) is 0 Å². The molecule has 6 heteroatoms. The van der Waals surface area contributed by atoms with Crippen molar-refractivity contribution in [3.8, 4) is 0 Å². The van der Waals surface area contributed by atoms with Crippen LogP contribution in [0.25, 0.3) is 0 Å². The van der Waals surface area contributed by atoms with Crippen molar-refractivity contribution >= 4 is 0 Å². The summed E-state index contributed by atoms with van der Waals surface area (Å²) < 4.78 is 40.2. The second-order valence-corrected chi connectivity index (χ2v) is 4.06. The number of rotatable bonds is 4. The van der Waals surface area contributed by atoms with E-state index in [1.54, 1.807) is 0 Å². The fourth-order valence-electron chi connectivity index (χ4n) is 1.82. The van der Waals surface area contributed by atoms with Crippen molar-refractivity contribution in [3.05, 3.63) is 65.2 Å². The van der Waals surface area contributed by atoms with E-state index in [1.807, 2.05) is 0 Å². The van der Waals surface area contributed by atoms with E-state index in [9.17, 15) is 13.2 Å². The molecule has 1 aromatic carbocycles. The highest BCUT2D eigenvalue weighted by Crippen LogP contribution is 2.21. The summed E-state index contributed by atoms with van der Waals surface area (Å²) in [5, 5.41) is 0. The third-order valence-electron chi connectivity index (χ3n) is 2.80. The van der Waals surface area contributed by atoms with Gasteiger partial charge in [-0.1, -0.05) is 6.07 Å². The first-order chi connectivity index (χ1) is 9.11. The zero-order valence-corrected chi connectivity index (χ0v) is 9.91. The van der Waals surface area contributed by atoms with Crippen LogP contribution in [0, 0.1) is 17.5 Å². The average Bonchev–Trinajstić information content (AvgIpc) is 2.38. The van der Waals surface area contributed by atoms with Crippen LogP contribution in [0.15, 0.2) is 36.7 Å². The fraction of sp³-hybridized carbons (Fsp3) is 0.154. The molecule has 19 heavy (non-hydrogen) atoms. The van der Waals surface area contributed by atoms with Gasteiger partial charge >= 0.3 is 0 Å². The summed E-state index contributed by atoms with van der Waals surface area (Å²) in [6.07, 6.45) is 2.40. The van der Waals surface area contributed by atoms with Crippen LogP contribution in [-0.4, -0.2) is 4.98 Å². The zero-order chi connectivity index (χ0) is 13.8. The van der Waals surface area contributed by atoms with Crippen LogP contribution in [0.1, 0.15) is 17.2 Å². The number of nitrogens with one attached hydrogen (secondary N) is 1. The number of hydrogen-bond donors (Lipinski definition) is 2. The fourth-order valence-corrected chi connectivity index (χ4v) is 1.82. The first kappa shape index (κ1) is 13.5. The zero-order valence-electron chi connectivity index (χ0n) is 9.91. The maximum atomic E-state index is 13.5. The van der Waals surface area contributed by atoms with Gasteiger partial charge in [-0.25, -0.2) is 13.2 Å². The summed E-state index contributed by atoms with van der Waals surface area (Å²) >= 11 is 0. The van der Waals surface area contributed by atoms with Crippen molar-refractivity contribution in [2.45, 2.75) is 12.5 Å². The van der Waals surface area contributed by atoms with Crippen molar-refractivity contribution in [3.63, 3.8) is 0 Å². The molecule has 2 aromatic rings. The lowest BCUT2D eigenvalue weighted by atomic mass is 10.00. The molecule has 0 amide bonds. The van der Waals surface area contributed by atoms with Gasteiger partial charge in [-0.2, -0.15) is 0 Å². The minimum Gasteiger partial charge on any atom is -0.271 e. The highest BCUT2D eigenvalue weighted by atomic mass is 19.1. The molecule has 1 atom stereocenters. The van der Waals surface area contributed by atoms with Gasteiger partial charge in [-0.05, 0) is 30.2 Å². The molecule has 2 rings (SSSR count). The standard InChI is InChI=1S/C13H12F3N3/c14-9-4-8(6-18-7-9)13(19-17)5-10-11(15)2-1-3-12(10)16/h1-4,6-7,13,19H,5,17H2. The number of pyridine rings is 1. The van der Waals surface area contributed by atoms with Crippen molar-refractivity contribution in [1.82, 2.24) is 10.4 Å². The lowest BCUT2D eigenvalue weighted by Gasteiger charge is -2.16. The third-order valence-corrected chi connectivity index (χ3v) is 2.80. The van der Waals surface area contributed by atoms with E-state index in [0.717, 1.165) is 18.3 Å². The minimum atomic E-state index is -0.662. The Hall–Kier alpha value is -1.92. The van der Waals surface area contributed by atoms with E-state index in [2.05, 4.69) is 10.4 Å². The average molecular weight is 267 g/mol. The predicted octanol–water partition coefficient (Wildman–Crippen LogP) is 2.25. The molecule has 0 fully saturated rings. The Labute approximate surface area is 108 Å². The van der Waals surface area contributed by atoms with Crippen LogP contribution >= 0.6 is 0 Å². The highest BCUT2D eigenvalue weighted by Gasteiger charge is 2.17. The lowest BCUT2D eigenvalue weighted by Crippen LogP contribution is -2.30. The Balaban J connectivity index is 2.29. The molecule has 0 saturated carbocycles. The second-order valence-electron chi connectivity index (χ2n) is 4.06. The van der Waals surface area contributed by atoms with Gasteiger partial charge in [0.2, 0.25) is 0 Å². The SMILES string of the molecule is NNC(Cc1c(F)cccc1F)c1cncc(F)c1. The largest absolute Gasteiger partial charge is 0.271 e. The van der Waals surface area contributed by atoms with Gasteiger partial charge in [0.15, 0.2) is 0 Å². The molecule has 100 valence electrons. The Morgan fingerprint density at radius 2 is 1.84 bits per heavy atom. The van der Waals surface area contributed by atoms with Crippen LogP contribution in [-0.2, 0) is 6.42 Å². The number of aromatic nitrogens is 1. The molecule has 1 heterocycles. The molecule has 0 aliphatic carbocycles. The van der Waals surface area contributed by atoms with Crippen LogP contribution < -0.4 is 11.3 Å². The molecule has 0 bridgehead atoms. The Morgan fingerprint density at radius 3 is 2.42 bits per heavy atom. The lowest BCUT2D eigenvalue weighted by molar-refractivity contribution is 0.496. The Kier molecular flexibility index (Phi) is 4.13. The van der Waals surface area contributed by atoms with Crippen LogP contribution in [0.2, 0.25) is 0 Å². The molecular formula is C13H12F3N3. The van der Waals surface area contributed by atoms with E-state index < -0.39 is 23.5 Å². The van der Waals surface area contributed by atoms with Gasteiger partial charge in [0.25, 0.3) is 0 Å². The van der Waals surface area contributed by atoms with E-state index in [-0.39, 0.29) is 12.0 Å². The van der Waals surface area contributed by atoms with Gasteiger partial charge in [0, 0.05) is 11.8 Å². The monoisotopic (exact) mass is 267 g/mol.